The van der Waals surface area contributed by atoms with Gasteiger partial charge in [-0.25, -0.2) is 0 Å². The topological polar surface area (TPSA) is 53.6 Å². The summed E-state index contributed by atoms with van der Waals surface area (Å²) in [6.45, 7) is 2.21. The summed E-state index contributed by atoms with van der Waals surface area (Å²) in [4.78, 5) is 13.3. The molecule has 108 valence electrons. The summed E-state index contributed by atoms with van der Waals surface area (Å²) in [6.07, 6.45) is 1.64. The van der Waals surface area contributed by atoms with Crippen LogP contribution in [0.2, 0.25) is 0 Å². The van der Waals surface area contributed by atoms with E-state index >= 15 is 0 Å². The van der Waals surface area contributed by atoms with Crippen LogP contribution in [-0.2, 0) is 4.79 Å². The number of hydrogen-bond acceptors (Lipinski definition) is 3. The molecule has 20 heavy (non-hydrogen) atoms. The minimum Gasteiger partial charge on any atom is -0.497 e. The van der Waals surface area contributed by atoms with E-state index in [1.807, 2.05) is 29.2 Å². The summed E-state index contributed by atoms with van der Waals surface area (Å²) < 4.78 is 5.15. The Bertz CT molecular complexity index is 493. The Hall–Kier alpha value is -1.82. The van der Waals surface area contributed by atoms with Crippen molar-refractivity contribution in [3.05, 3.63) is 24.3 Å². The highest BCUT2D eigenvalue weighted by atomic mass is 32.1. The van der Waals surface area contributed by atoms with Crippen molar-refractivity contribution in [3.8, 4) is 5.75 Å². The fourth-order valence-corrected chi connectivity index (χ4v) is 2.34. The zero-order chi connectivity index (χ0) is 14.4. The molecule has 1 aliphatic rings. The summed E-state index contributed by atoms with van der Waals surface area (Å²) in [6, 6.07) is 7.56. The molecular weight excluding hydrogens is 274 g/mol. The van der Waals surface area contributed by atoms with Crippen LogP contribution in [0, 0.1) is 0 Å². The standard InChI is InChI=1S/C14H19N3O2S/c1-19-12-5-2-4-11(10-12)16-14(20)15-7-9-17-8-3-6-13(17)18/h2,4-5,10H,3,6-9H2,1H3,(H2,15,16,20). The molecule has 0 saturated carbocycles. The maximum absolute atomic E-state index is 11.4. The molecule has 1 fully saturated rings. The Morgan fingerprint density at radius 3 is 3.05 bits per heavy atom. The number of methoxy groups -OCH3 is 1. The molecule has 0 aliphatic carbocycles. The monoisotopic (exact) mass is 293 g/mol. The molecule has 2 rings (SSSR count). The third-order valence-electron chi connectivity index (χ3n) is 3.17. The normalized spacial score (nSPS) is 14.2. The second kappa shape index (κ2) is 7.09. The summed E-state index contributed by atoms with van der Waals surface area (Å²) in [7, 11) is 1.63. The van der Waals surface area contributed by atoms with Crippen LogP contribution >= 0.6 is 12.2 Å². The van der Waals surface area contributed by atoms with E-state index in [-0.39, 0.29) is 5.91 Å². The number of thiocarbonyl (C=S) groups is 1. The fourth-order valence-electron chi connectivity index (χ4n) is 2.12. The van der Waals surface area contributed by atoms with Crippen molar-refractivity contribution in [2.24, 2.45) is 0 Å². The molecule has 6 heteroatoms. The Morgan fingerprint density at radius 1 is 1.50 bits per heavy atom. The number of benzene rings is 1. The number of nitrogens with one attached hydrogen (secondary N) is 2. The van der Waals surface area contributed by atoms with Crippen molar-refractivity contribution in [1.29, 1.82) is 0 Å². The molecule has 1 aliphatic heterocycles. The molecular formula is C14H19N3O2S. The SMILES string of the molecule is COc1cccc(NC(=S)NCCN2CCCC2=O)c1. The van der Waals surface area contributed by atoms with Gasteiger partial charge in [-0.15, -0.1) is 0 Å². The van der Waals surface area contributed by atoms with Gasteiger partial charge in [0, 0.05) is 37.8 Å². The zero-order valence-electron chi connectivity index (χ0n) is 11.5. The molecule has 1 amide bonds. The molecule has 1 aromatic carbocycles. The van der Waals surface area contributed by atoms with Crippen LogP contribution in [0.25, 0.3) is 0 Å². The van der Waals surface area contributed by atoms with Crippen molar-refractivity contribution in [3.63, 3.8) is 0 Å². The van der Waals surface area contributed by atoms with Crippen LogP contribution in [0.1, 0.15) is 12.8 Å². The van der Waals surface area contributed by atoms with Gasteiger partial charge in [0.2, 0.25) is 5.91 Å². The Morgan fingerprint density at radius 2 is 2.35 bits per heavy atom. The molecule has 1 heterocycles. The predicted octanol–water partition coefficient (Wildman–Crippen LogP) is 1.60. The molecule has 1 aromatic rings. The van der Waals surface area contributed by atoms with E-state index in [0.29, 0.717) is 24.6 Å². The molecule has 0 unspecified atom stereocenters. The van der Waals surface area contributed by atoms with Gasteiger partial charge in [0.1, 0.15) is 5.75 Å². The lowest BCUT2D eigenvalue weighted by Gasteiger charge is -2.17. The highest BCUT2D eigenvalue weighted by molar-refractivity contribution is 7.80. The zero-order valence-corrected chi connectivity index (χ0v) is 12.3. The smallest absolute Gasteiger partial charge is 0.222 e. The predicted molar refractivity (Wildman–Crippen MR) is 83.0 cm³/mol. The quantitative estimate of drug-likeness (QED) is 0.808. The maximum Gasteiger partial charge on any atom is 0.222 e. The Balaban J connectivity index is 1.73. The molecule has 0 aromatic heterocycles. The number of carbonyl (C=O) groups is 1. The second-order valence-corrected chi connectivity index (χ2v) is 5.01. The van der Waals surface area contributed by atoms with Crippen molar-refractivity contribution in [1.82, 2.24) is 10.2 Å². The first kappa shape index (κ1) is 14.6. The number of amides is 1. The van der Waals surface area contributed by atoms with Crippen LogP contribution in [0.3, 0.4) is 0 Å². The first-order chi connectivity index (χ1) is 9.69. The van der Waals surface area contributed by atoms with Gasteiger partial charge in [0.15, 0.2) is 5.11 Å². The van der Waals surface area contributed by atoms with E-state index in [0.717, 1.165) is 24.4 Å². The maximum atomic E-state index is 11.4. The summed E-state index contributed by atoms with van der Waals surface area (Å²) >= 11 is 5.22. The van der Waals surface area contributed by atoms with Crippen LogP contribution in [0.5, 0.6) is 5.75 Å². The fraction of sp³-hybridized carbons (Fsp3) is 0.429. The van der Waals surface area contributed by atoms with Crippen molar-refractivity contribution in [2.45, 2.75) is 12.8 Å². The highest BCUT2D eigenvalue weighted by Crippen LogP contribution is 2.16. The number of likely N-dealkylation sites (tertiary alicyclic amines) is 1. The van der Waals surface area contributed by atoms with E-state index in [2.05, 4.69) is 10.6 Å². The molecule has 5 nitrogen and oxygen atoms in total. The van der Waals surface area contributed by atoms with E-state index in [1.54, 1.807) is 7.11 Å². The van der Waals surface area contributed by atoms with E-state index in [1.165, 1.54) is 0 Å². The number of anilines is 1. The van der Waals surface area contributed by atoms with Gasteiger partial charge in [-0.1, -0.05) is 6.07 Å². The summed E-state index contributed by atoms with van der Waals surface area (Å²) in [5.74, 6) is 1.01. The molecule has 0 bridgehead atoms. The molecule has 0 atom stereocenters. The number of hydrogen-bond donors (Lipinski definition) is 2. The summed E-state index contributed by atoms with van der Waals surface area (Å²) in [5, 5.41) is 6.74. The molecule has 1 saturated heterocycles. The lowest BCUT2D eigenvalue weighted by Crippen LogP contribution is -2.37. The van der Waals surface area contributed by atoms with Crippen LogP contribution < -0.4 is 15.4 Å². The van der Waals surface area contributed by atoms with Crippen LogP contribution in [0.4, 0.5) is 5.69 Å². The number of carbonyl (C=O) groups excluding carboxylic acids is 1. The van der Waals surface area contributed by atoms with Crippen LogP contribution in [-0.4, -0.2) is 42.7 Å². The highest BCUT2D eigenvalue weighted by Gasteiger charge is 2.19. The van der Waals surface area contributed by atoms with E-state index in [4.69, 9.17) is 17.0 Å². The van der Waals surface area contributed by atoms with Crippen molar-refractivity contribution < 1.29 is 9.53 Å². The third-order valence-corrected chi connectivity index (χ3v) is 3.41. The molecule has 2 N–H and O–H groups in total. The van der Waals surface area contributed by atoms with Gasteiger partial charge in [-0.2, -0.15) is 0 Å². The first-order valence-corrected chi connectivity index (χ1v) is 7.06. The number of nitrogens with zero attached hydrogens (tertiary/aromatic N) is 1. The van der Waals surface area contributed by atoms with Crippen molar-refractivity contribution >= 4 is 28.9 Å². The average Bonchev–Trinajstić information content (AvgIpc) is 2.85. The van der Waals surface area contributed by atoms with E-state index < -0.39 is 0 Å². The Labute approximate surface area is 124 Å². The Kier molecular flexibility index (Phi) is 5.17. The lowest BCUT2D eigenvalue weighted by atomic mass is 10.3. The third kappa shape index (κ3) is 4.09. The lowest BCUT2D eigenvalue weighted by molar-refractivity contribution is -0.127. The van der Waals surface area contributed by atoms with Crippen LogP contribution in [0.15, 0.2) is 24.3 Å². The minimum absolute atomic E-state index is 0.235. The van der Waals surface area contributed by atoms with Gasteiger partial charge in [-0.05, 0) is 30.8 Å². The largest absolute Gasteiger partial charge is 0.497 e. The molecule has 0 radical (unpaired) electrons. The van der Waals surface area contributed by atoms with Gasteiger partial charge in [-0.3, -0.25) is 4.79 Å². The second-order valence-electron chi connectivity index (χ2n) is 4.60. The van der Waals surface area contributed by atoms with Gasteiger partial charge >= 0.3 is 0 Å². The summed E-state index contributed by atoms with van der Waals surface area (Å²) in [5.41, 5.74) is 0.874. The number of rotatable bonds is 5. The first-order valence-electron chi connectivity index (χ1n) is 6.66. The van der Waals surface area contributed by atoms with E-state index in [9.17, 15) is 4.79 Å². The van der Waals surface area contributed by atoms with Crippen molar-refractivity contribution in [2.75, 3.05) is 32.1 Å². The minimum atomic E-state index is 0.235. The van der Waals surface area contributed by atoms with Gasteiger partial charge < -0.3 is 20.3 Å². The average molecular weight is 293 g/mol. The molecule has 0 spiro atoms. The number of ether oxygens (including phenoxy) is 1. The van der Waals surface area contributed by atoms with Gasteiger partial charge in [0.05, 0.1) is 7.11 Å². The van der Waals surface area contributed by atoms with Gasteiger partial charge in [0.25, 0.3) is 0 Å².